The van der Waals surface area contributed by atoms with E-state index in [4.69, 9.17) is 49.0 Å². The highest BCUT2D eigenvalue weighted by atomic mass is 35.5. The Morgan fingerprint density at radius 1 is 1.00 bits per heavy atom. The lowest BCUT2D eigenvalue weighted by atomic mass is 10.1. The van der Waals surface area contributed by atoms with Gasteiger partial charge in [0.25, 0.3) is 5.91 Å². The molecular formula is C26H21Cl3N2O4. The molecule has 3 aromatic carbocycles. The molecule has 0 heterocycles. The minimum Gasteiger partial charge on any atom is -0.495 e. The minimum atomic E-state index is -0.634. The van der Waals surface area contributed by atoms with Crippen molar-refractivity contribution >= 4 is 52.5 Å². The van der Waals surface area contributed by atoms with E-state index in [1.807, 2.05) is 25.1 Å². The van der Waals surface area contributed by atoms with Gasteiger partial charge in [-0.15, -0.1) is 0 Å². The van der Waals surface area contributed by atoms with Gasteiger partial charge in [0.1, 0.15) is 24.0 Å². The van der Waals surface area contributed by atoms with Gasteiger partial charge in [0.2, 0.25) is 0 Å². The number of nitriles is 1. The third kappa shape index (κ3) is 7.06. The number of carbonyl (C=O) groups excluding carboxylic acids is 1. The predicted octanol–water partition coefficient (Wildman–Crippen LogP) is 7.18. The molecule has 6 nitrogen and oxygen atoms in total. The summed E-state index contributed by atoms with van der Waals surface area (Å²) in [6, 6.07) is 17.2. The van der Waals surface area contributed by atoms with Crippen molar-refractivity contribution in [1.82, 2.24) is 0 Å². The van der Waals surface area contributed by atoms with Crippen molar-refractivity contribution in [2.75, 3.05) is 19.0 Å². The van der Waals surface area contributed by atoms with E-state index in [-0.39, 0.29) is 17.2 Å². The van der Waals surface area contributed by atoms with E-state index in [1.165, 1.54) is 19.3 Å². The molecule has 0 atom stereocenters. The maximum atomic E-state index is 12.8. The minimum absolute atomic E-state index is 0.152. The molecule has 0 fully saturated rings. The van der Waals surface area contributed by atoms with E-state index < -0.39 is 5.91 Å². The van der Waals surface area contributed by atoms with Crippen molar-refractivity contribution < 1.29 is 19.0 Å². The maximum absolute atomic E-state index is 12.8. The number of benzene rings is 3. The molecule has 1 N–H and O–H groups in total. The SMILES string of the molecule is CCOc1cc(/C=C(\C#N)C(=O)Nc2cc(Cl)ccc2OC)cc(Cl)c1OCc1ccc(Cl)cc1. The fourth-order valence-electron chi connectivity index (χ4n) is 3.09. The van der Waals surface area contributed by atoms with Crippen LogP contribution in [-0.4, -0.2) is 19.6 Å². The molecule has 0 saturated heterocycles. The highest BCUT2D eigenvalue weighted by Gasteiger charge is 2.16. The third-order valence-corrected chi connectivity index (χ3v) is 5.48. The summed E-state index contributed by atoms with van der Waals surface area (Å²) in [4.78, 5) is 12.8. The first-order valence-corrected chi connectivity index (χ1v) is 11.6. The van der Waals surface area contributed by atoms with Gasteiger partial charge in [0, 0.05) is 10.0 Å². The molecule has 0 saturated carbocycles. The molecule has 3 aromatic rings. The van der Waals surface area contributed by atoms with Gasteiger partial charge < -0.3 is 19.5 Å². The first-order valence-electron chi connectivity index (χ1n) is 10.4. The summed E-state index contributed by atoms with van der Waals surface area (Å²) in [5, 5.41) is 13.6. The van der Waals surface area contributed by atoms with Crippen molar-refractivity contribution in [2.24, 2.45) is 0 Å². The van der Waals surface area contributed by atoms with E-state index in [0.29, 0.717) is 45.2 Å². The number of nitrogens with zero attached hydrogens (tertiary/aromatic N) is 1. The Bertz CT molecular complexity index is 1280. The molecule has 0 unspecified atom stereocenters. The summed E-state index contributed by atoms with van der Waals surface area (Å²) in [6.07, 6.45) is 1.41. The van der Waals surface area contributed by atoms with Crippen LogP contribution in [0.5, 0.6) is 17.2 Å². The monoisotopic (exact) mass is 530 g/mol. The molecule has 0 aliphatic carbocycles. The first kappa shape index (κ1) is 26.2. The fraction of sp³-hybridized carbons (Fsp3) is 0.154. The maximum Gasteiger partial charge on any atom is 0.266 e. The smallest absolute Gasteiger partial charge is 0.266 e. The second-order valence-corrected chi connectivity index (χ2v) is 8.43. The number of halogens is 3. The molecule has 3 rings (SSSR count). The highest BCUT2D eigenvalue weighted by Crippen LogP contribution is 2.38. The van der Waals surface area contributed by atoms with Crippen LogP contribution in [-0.2, 0) is 11.4 Å². The second-order valence-electron chi connectivity index (χ2n) is 7.15. The summed E-state index contributed by atoms with van der Waals surface area (Å²) < 4.78 is 16.8. The molecule has 0 bridgehead atoms. The lowest BCUT2D eigenvalue weighted by Gasteiger charge is -2.15. The van der Waals surface area contributed by atoms with Crippen molar-refractivity contribution in [3.8, 4) is 23.3 Å². The molecule has 9 heteroatoms. The van der Waals surface area contributed by atoms with Crippen molar-refractivity contribution in [3.05, 3.63) is 86.4 Å². The number of rotatable bonds is 9. The lowest BCUT2D eigenvalue weighted by molar-refractivity contribution is -0.112. The van der Waals surface area contributed by atoms with E-state index in [1.54, 1.807) is 36.4 Å². The average Bonchev–Trinajstić information content (AvgIpc) is 2.83. The Labute approximate surface area is 218 Å². The fourth-order valence-corrected chi connectivity index (χ4v) is 3.66. The van der Waals surface area contributed by atoms with Crippen molar-refractivity contribution in [2.45, 2.75) is 13.5 Å². The third-order valence-electron chi connectivity index (χ3n) is 4.71. The second kappa shape index (κ2) is 12.4. The Balaban J connectivity index is 1.86. The summed E-state index contributed by atoms with van der Waals surface area (Å²) >= 11 is 18.4. The number of carbonyl (C=O) groups is 1. The number of anilines is 1. The Hall–Kier alpha value is -3.37. The predicted molar refractivity (Wildman–Crippen MR) is 139 cm³/mol. The molecule has 0 aliphatic heterocycles. The molecule has 180 valence electrons. The molecular weight excluding hydrogens is 511 g/mol. The lowest BCUT2D eigenvalue weighted by Crippen LogP contribution is -2.14. The molecule has 0 aromatic heterocycles. The zero-order valence-electron chi connectivity index (χ0n) is 18.9. The van der Waals surface area contributed by atoms with Crippen molar-refractivity contribution in [3.63, 3.8) is 0 Å². The van der Waals surface area contributed by atoms with Gasteiger partial charge in [-0.25, -0.2) is 0 Å². The number of amides is 1. The zero-order valence-corrected chi connectivity index (χ0v) is 21.2. The van der Waals surface area contributed by atoms with Crippen LogP contribution in [0.4, 0.5) is 5.69 Å². The summed E-state index contributed by atoms with van der Waals surface area (Å²) in [5.41, 5.74) is 1.57. The molecule has 0 spiro atoms. The Kier molecular flexibility index (Phi) is 9.27. The van der Waals surface area contributed by atoms with Gasteiger partial charge in [0.15, 0.2) is 11.5 Å². The van der Waals surface area contributed by atoms with E-state index in [2.05, 4.69) is 5.32 Å². The van der Waals surface area contributed by atoms with Crippen LogP contribution in [0, 0.1) is 11.3 Å². The standard InChI is InChI=1S/C26H21Cl3N2O4/c1-3-34-24-12-17(11-21(29)25(24)35-15-16-4-6-19(27)7-5-16)10-18(14-30)26(32)31-22-13-20(28)8-9-23(22)33-2/h4-13H,3,15H2,1-2H3,(H,31,32)/b18-10+. The average molecular weight is 532 g/mol. The number of hydrogen-bond donors (Lipinski definition) is 1. The number of ether oxygens (including phenoxy) is 3. The van der Waals surface area contributed by atoms with Crippen LogP contribution in [0.2, 0.25) is 15.1 Å². The Morgan fingerprint density at radius 2 is 1.71 bits per heavy atom. The molecule has 0 radical (unpaired) electrons. The first-order chi connectivity index (χ1) is 16.8. The van der Waals surface area contributed by atoms with E-state index in [0.717, 1.165) is 5.56 Å². The van der Waals surface area contributed by atoms with Crippen LogP contribution in [0.15, 0.2) is 60.2 Å². The molecule has 35 heavy (non-hydrogen) atoms. The molecule has 0 aliphatic rings. The van der Waals surface area contributed by atoms with Gasteiger partial charge in [0.05, 0.1) is 24.4 Å². The van der Waals surface area contributed by atoms with Crippen LogP contribution < -0.4 is 19.5 Å². The molecule has 1 amide bonds. The van der Waals surface area contributed by atoms with Crippen molar-refractivity contribution in [1.29, 1.82) is 5.26 Å². The largest absolute Gasteiger partial charge is 0.495 e. The zero-order chi connectivity index (χ0) is 25.4. The normalized spacial score (nSPS) is 10.9. The highest BCUT2D eigenvalue weighted by molar-refractivity contribution is 6.32. The number of hydrogen-bond acceptors (Lipinski definition) is 5. The Morgan fingerprint density at radius 3 is 2.37 bits per heavy atom. The van der Waals surface area contributed by atoms with E-state index in [9.17, 15) is 10.1 Å². The topological polar surface area (TPSA) is 80.6 Å². The quantitative estimate of drug-likeness (QED) is 0.234. The summed E-state index contributed by atoms with van der Waals surface area (Å²) in [6.45, 7) is 2.44. The van der Waals surface area contributed by atoms with Gasteiger partial charge in [-0.3, -0.25) is 4.79 Å². The van der Waals surface area contributed by atoms with Crippen LogP contribution in [0.1, 0.15) is 18.1 Å². The number of nitrogens with one attached hydrogen (secondary N) is 1. The van der Waals surface area contributed by atoms with Gasteiger partial charge >= 0.3 is 0 Å². The van der Waals surface area contributed by atoms with Gasteiger partial charge in [-0.2, -0.15) is 5.26 Å². The van der Waals surface area contributed by atoms with Crippen LogP contribution >= 0.6 is 34.8 Å². The van der Waals surface area contributed by atoms with E-state index >= 15 is 0 Å². The summed E-state index contributed by atoms with van der Waals surface area (Å²) in [7, 11) is 1.47. The van der Waals surface area contributed by atoms with Crippen LogP contribution in [0.3, 0.4) is 0 Å². The number of methoxy groups -OCH3 is 1. The summed E-state index contributed by atoms with van der Waals surface area (Å²) in [5.74, 6) is 0.510. The van der Waals surface area contributed by atoms with Crippen LogP contribution in [0.25, 0.3) is 6.08 Å². The van der Waals surface area contributed by atoms with Gasteiger partial charge in [-0.05, 0) is 66.6 Å². The van der Waals surface area contributed by atoms with Gasteiger partial charge in [-0.1, -0.05) is 46.9 Å².